The maximum Gasteiger partial charge on any atom is 0.319 e. The lowest BCUT2D eigenvalue weighted by atomic mass is 9.98. The molecule has 142 valence electrons. The van der Waals surface area contributed by atoms with Crippen molar-refractivity contribution in [2.45, 2.75) is 26.2 Å². The summed E-state index contributed by atoms with van der Waals surface area (Å²) < 4.78 is 0. The Labute approximate surface area is 160 Å². The third kappa shape index (κ3) is 5.54. The van der Waals surface area contributed by atoms with Crippen LogP contribution in [-0.2, 0) is 6.42 Å². The first-order valence-electron chi connectivity index (χ1n) is 9.45. The second-order valence-corrected chi connectivity index (χ2v) is 7.05. The first-order valence-corrected chi connectivity index (χ1v) is 9.45. The number of rotatable bonds is 5. The Kier molecular flexibility index (Phi) is 6.41. The van der Waals surface area contributed by atoms with Gasteiger partial charge in [0.15, 0.2) is 0 Å². The lowest BCUT2D eigenvalue weighted by molar-refractivity contribution is 0.0697. The van der Waals surface area contributed by atoms with Crippen LogP contribution in [0.25, 0.3) is 0 Å². The SMILES string of the molecule is CC1CCN(C(=O)c2cccc(NC(=O)NCCc3cccnc3)c2)CC1. The van der Waals surface area contributed by atoms with Gasteiger partial charge in [0.1, 0.15) is 0 Å². The van der Waals surface area contributed by atoms with Gasteiger partial charge in [0, 0.05) is 43.3 Å². The zero-order chi connectivity index (χ0) is 19.1. The first kappa shape index (κ1) is 18.9. The molecule has 0 bridgehead atoms. The van der Waals surface area contributed by atoms with Gasteiger partial charge in [-0.25, -0.2) is 4.79 Å². The van der Waals surface area contributed by atoms with Crippen LogP contribution in [-0.4, -0.2) is 41.5 Å². The number of aromatic nitrogens is 1. The van der Waals surface area contributed by atoms with Gasteiger partial charge in [0.05, 0.1) is 0 Å². The molecule has 2 N–H and O–H groups in total. The van der Waals surface area contributed by atoms with Crippen molar-refractivity contribution in [1.82, 2.24) is 15.2 Å². The molecular formula is C21H26N4O2. The van der Waals surface area contributed by atoms with E-state index in [1.165, 1.54) is 0 Å². The van der Waals surface area contributed by atoms with Crippen molar-refractivity contribution in [3.8, 4) is 0 Å². The minimum absolute atomic E-state index is 0.0301. The molecule has 3 amide bonds. The largest absolute Gasteiger partial charge is 0.339 e. The Hall–Kier alpha value is -2.89. The van der Waals surface area contributed by atoms with Crippen LogP contribution in [0.1, 0.15) is 35.7 Å². The van der Waals surface area contributed by atoms with E-state index in [0.717, 1.165) is 31.5 Å². The number of carbonyl (C=O) groups is 2. The fourth-order valence-electron chi connectivity index (χ4n) is 3.17. The highest BCUT2D eigenvalue weighted by atomic mass is 16.2. The van der Waals surface area contributed by atoms with Crippen LogP contribution in [0.5, 0.6) is 0 Å². The molecule has 1 saturated heterocycles. The Balaban J connectivity index is 1.51. The monoisotopic (exact) mass is 366 g/mol. The Morgan fingerprint density at radius 1 is 1.19 bits per heavy atom. The Bertz CT molecular complexity index is 771. The van der Waals surface area contributed by atoms with Crippen molar-refractivity contribution >= 4 is 17.6 Å². The zero-order valence-electron chi connectivity index (χ0n) is 15.6. The normalized spacial score (nSPS) is 14.6. The fourth-order valence-corrected chi connectivity index (χ4v) is 3.17. The second-order valence-electron chi connectivity index (χ2n) is 7.05. The molecule has 0 saturated carbocycles. The summed E-state index contributed by atoms with van der Waals surface area (Å²) >= 11 is 0. The predicted octanol–water partition coefficient (Wildman–Crippen LogP) is 3.32. The summed E-state index contributed by atoms with van der Waals surface area (Å²) in [6.45, 7) is 4.33. The minimum Gasteiger partial charge on any atom is -0.339 e. The highest BCUT2D eigenvalue weighted by Gasteiger charge is 2.21. The van der Waals surface area contributed by atoms with Gasteiger partial charge < -0.3 is 15.5 Å². The van der Waals surface area contributed by atoms with Gasteiger partial charge in [-0.2, -0.15) is 0 Å². The molecular weight excluding hydrogens is 340 g/mol. The number of pyridine rings is 1. The molecule has 6 heteroatoms. The van der Waals surface area contributed by atoms with Crippen molar-refractivity contribution < 1.29 is 9.59 Å². The minimum atomic E-state index is -0.282. The van der Waals surface area contributed by atoms with Crippen LogP contribution in [0.15, 0.2) is 48.8 Å². The van der Waals surface area contributed by atoms with Crippen LogP contribution in [0.3, 0.4) is 0 Å². The topological polar surface area (TPSA) is 74.3 Å². The maximum atomic E-state index is 12.7. The van der Waals surface area contributed by atoms with Crippen LogP contribution < -0.4 is 10.6 Å². The fraction of sp³-hybridized carbons (Fsp3) is 0.381. The van der Waals surface area contributed by atoms with Crippen molar-refractivity contribution in [2.24, 2.45) is 5.92 Å². The number of hydrogen-bond donors (Lipinski definition) is 2. The molecule has 1 aliphatic rings. The summed E-state index contributed by atoms with van der Waals surface area (Å²) in [6, 6.07) is 10.7. The van der Waals surface area contributed by atoms with Gasteiger partial charge in [-0.3, -0.25) is 9.78 Å². The van der Waals surface area contributed by atoms with E-state index in [0.29, 0.717) is 30.1 Å². The van der Waals surface area contributed by atoms with E-state index < -0.39 is 0 Å². The van der Waals surface area contributed by atoms with Gasteiger partial charge in [-0.1, -0.05) is 19.1 Å². The number of amides is 3. The summed E-state index contributed by atoms with van der Waals surface area (Å²) in [5.41, 5.74) is 2.30. The number of hydrogen-bond acceptors (Lipinski definition) is 3. The molecule has 1 aromatic carbocycles. The van der Waals surface area contributed by atoms with E-state index in [9.17, 15) is 9.59 Å². The Morgan fingerprint density at radius 3 is 2.74 bits per heavy atom. The average Bonchev–Trinajstić information content (AvgIpc) is 2.69. The van der Waals surface area contributed by atoms with Crippen LogP contribution in [0.4, 0.5) is 10.5 Å². The molecule has 1 fully saturated rings. The number of nitrogens with one attached hydrogen (secondary N) is 2. The molecule has 0 atom stereocenters. The maximum absolute atomic E-state index is 12.7. The van der Waals surface area contributed by atoms with E-state index in [2.05, 4.69) is 22.5 Å². The molecule has 3 rings (SSSR count). The molecule has 2 heterocycles. The standard InChI is InChI=1S/C21H26N4O2/c1-16-8-12-25(13-9-16)20(26)18-5-2-6-19(14-18)24-21(27)23-11-7-17-4-3-10-22-15-17/h2-6,10,14-16H,7-9,11-13H2,1H3,(H2,23,24,27). The number of benzene rings is 1. The Morgan fingerprint density at radius 2 is 2.00 bits per heavy atom. The number of carbonyl (C=O) groups excluding carboxylic acids is 2. The molecule has 27 heavy (non-hydrogen) atoms. The summed E-state index contributed by atoms with van der Waals surface area (Å²) in [4.78, 5) is 30.7. The predicted molar refractivity (Wildman–Crippen MR) is 106 cm³/mol. The molecule has 1 aromatic heterocycles. The van der Waals surface area contributed by atoms with Crippen LogP contribution >= 0.6 is 0 Å². The summed E-state index contributed by atoms with van der Waals surface area (Å²) in [7, 11) is 0. The van der Waals surface area contributed by atoms with Crippen molar-refractivity contribution in [1.29, 1.82) is 0 Å². The number of nitrogens with zero attached hydrogens (tertiary/aromatic N) is 2. The van der Waals surface area contributed by atoms with Crippen LogP contribution in [0, 0.1) is 5.92 Å². The van der Waals surface area contributed by atoms with Gasteiger partial charge in [-0.15, -0.1) is 0 Å². The van der Waals surface area contributed by atoms with Gasteiger partial charge in [0.2, 0.25) is 0 Å². The van der Waals surface area contributed by atoms with E-state index in [4.69, 9.17) is 0 Å². The molecule has 6 nitrogen and oxygen atoms in total. The van der Waals surface area contributed by atoms with Gasteiger partial charge >= 0.3 is 6.03 Å². The molecule has 2 aromatic rings. The lowest BCUT2D eigenvalue weighted by Gasteiger charge is -2.30. The number of likely N-dealkylation sites (tertiary alicyclic amines) is 1. The van der Waals surface area contributed by atoms with Crippen molar-refractivity contribution in [3.63, 3.8) is 0 Å². The molecule has 0 spiro atoms. The van der Waals surface area contributed by atoms with Gasteiger partial charge in [0.25, 0.3) is 5.91 Å². The molecule has 0 unspecified atom stereocenters. The number of piperidine rings is 1. The van der Waals surface area contributed by atoms with Crippen molar-refractivity contribution in [2.75, 3.05) is 25.0 Å². The molecule has 1 aliphatic heterocycles. The molecule has 0 radical (unpaired) electrons. The summed E-state index contributed by atoms with van der Waals surface area (Å²) in [5.74, 6) is 0.708. The third-order valence-corrected chi connectivity index (χ3v) is 4.86. The van der Waals surface area contributed by atoms with Crippen molar-refractivity contribution in [3.05, 3.63) is 59.9 Å². The smallest absolute Gasteiger partial charge is 0.319 e. The third-order valence-electron chi connectivity index (χ3n) is 4.86. The number of urea groups is 1. The highest BCUT2D eigenvalue weighted by molar-refractivity contribution is 5.97. The zero-order valence-corrected chi connectivity index (χ0v) is 15.6. The molecule has 0 aliphatic carbocycles. The highest BCUT2D eigenvalue weighted by Crippen LogP contribution is 2.19. The first-order chi connectivity index (χ1) is 13.1. The summed E-state index contributed by atoms with van der Waals surface area (Å²) in [5, 5.41) is 5.62. The van der Waals surface area contributed by atoms with E-state index in [1.807, 2.05) is 17.0 Å². The lowest BCUT2D eigenvalue weighted by Crippen LogP contribution is -2.38. The van der Waals surface area contributed by atoms with Gasteiger partial charge in [-0.05, 0) is 55.0 Å². The van der Waals surface area contributed by atoms with E-state index >= 15 is 0 Å². The number of anilines is 1. The van der Waals surface area contributed by atoms with E-state index in [1.54, 1.807) is 36.7 Å². The second kappa shape index (κ2) is 9.16. The van der Waals surface area contributed by atoms with Crippen LogP contribution in [0.2, 0.25) is 0 Å². The van der Waals surface area contributed by atoms with E-state index in [-0.39, 0.29) is 11.9 Å². The average molecular weight is 366 g/mol. The summed E-state index contributed by atoms with van der Waals surface area (Å²) in [6.07, 6.45) is 6.32. The quantitative estimate of drug-likeness (QED) is 0.852.